The molecule has 0 saturated carbocycles. The number of anilines is 1. The molecule has 0 spiro atoms. The summed E-state index contributed by atoms with van der Waals surface area (Å²) in [5, 5.41) is 5.70. The number of thiophene rings is 1. The fourth-order valence-corrected chi connectivity index (χ4v) is 5.30. The van der Waals surface area contributed by atoms with Crippen molar-refractivity contribution in [3.05, 3.63) is 55.4 Å². The van der Waals surface area contributed by atoms with Gasteiger partial charge < -0.3 is 15.4 Å². The lowest BCUT2D eigenvalue weighted by atomic mass is 10.1. The Morgan fingerprint density at radius 3 is 2.94 bits per heavy atom. The maximum absolute atomic E-state index is 12.2. The summed E-state index contributed by atoms with van der Waals surface area (Å²) in [4.78, 5) is 24.8. The maximum Gasteiger partial charge on any atom is 0.246 e. The van der Waals surface area contributed by atoms with E-state index in [-0.39, 0.29) is 11.9 Å². The highest BCUT2D eigenvalue weighted by Gasteiger charge is 2.28. The minimum atomic E-state index is -0.0632. The van der Waals surface area contributed by atoms with Crippen LogP contribution in [0.4, 0.5) is 5.82 Å². The molecular weight excluding hydrogens is 436 g/mol. The second-order valence-electron chi connectivity index (χ2n) is 7.93. The Bertz CT molecular complexity index is 1340. The number of piperidine rings is 1. The van der Waals surface area contributed by atoms with Crippen molar-refractivity contribution in [2.24, 2.45) is 0 Å². The Kier molecular flexibility index (Phi) is 5.55. The molecule has 8 nitrogen and oxygen atoms in total. The van der Waals surface area contributed by atoms with Gasteiger partial charge in [0.25, 0.3) is 0 Å². The van der Waals surface area contributed by atoms with E-state index in [1.165, 1.54) is 12.4 Å². The van der Waals surface area contributed by atoms with Crippen LogP contribution < -0.4 is 10.5 Å². The molecule has 0 bridgehead atoms. The molecule has 1 atom stereocenters. The monoisotopic (exact) mass is 460 g/mol. The summed E-state index contributed by atoms with van der Waals surface area (Å²) in [5.74, 6) is 1.14. The highest BCUT2D eigenvalue weighted by atomic mass is 32.1. The molecule has 168 valence electrons. The van der Waals surface area contributed by atoms with Crippen LogP contribution in [0.1, 0.15) is 18.9 Å². The summed E-state index contributed by atoms with van der Waals surface area (Å²) in [6, 6.07) is 12.1. The smallest absolute Gasteiger partial charge is 0.246 e. The molecule has 1 aromatic carbocycles. The van der Waals surface area contributed by atoms with Crippen molar-refractivity contribution in [3.8, 4) is 26.8 Å². The van der Waals surface area contributed by atoms with Crippen LogP contribution in [0.3, 0.4) is 0 Å². The SMILES string of the molecule is C=CC(=O)N1CCCC(n2nc(-c3ccc(-c4cccc(OC)c4)s3)c3c(N)ncnc32)C1. The third kappa shape index (κ3) is 3.84. The minimum Gasteiger partial charge on any atom is -0.497 e. The molecule has 3 aromatic heterocycles. The molecule has 1 fully saturated rings. The Morgan fingerprint density at radius 1 is 1.27 bits per heavy atom. The Hall–Kier alpha value is -3.72. The third-order valence-electron chi connectivity index (χ3n) is 5.94. The molecule has 4 heterocycles. The van der Waals surface area contributed by atoms with Crippen molar-refractivity contribution < 1.29 is 9.53 Å². The summed E-state index contributed by atoms with van der Waals surface area (Å²) in [7, 11) is 1.66. The lowest BCUT2D eigenvalue weighted by Crippen LogP contribution is -2.40. The van der Waals surface area contributed by atoms with E-state index in [0.717, 1.165) is 51.5 Å². The zero-order chi connectivity index (χ0) is 22.9. The van der Waals surface area contributed by atoms with Crippen molar-refractivity contribution in [1.29, 1.82) is 0 Å². The largest absolute Gasteiger partial charge is 0.497 e. The van der Waals surface area contributed by atoms with Crippen molar-refractivity contribution in [2.45, 2.75) is 18.9 Å². The Morgan fingerprint density at radius 2 is 2.12 bits per heavy atom. The molecule has 9 heteroatoms. The van der Waals surface area contributed by atoms with Crippen LogP contribution in [0, 0.1) is 0 Å². The van der Waals surface area contributed by atoms with Crippen LogP contribution in [-0.2, 0) is 4.79 Å². The van der Waals surface area contributed by atoms with Gasteiger partial charge in [0.15, 0.2) is 5.65 Å². The van der Waals surface area contributed by atoms with Crippen LogP contribution in [0.2, 0.25) is 0 Å². The number of likely N-dealkylation sites (tertiary alicyclic amines) is 1. The molecule has 5 rings (SSSR count). The van der Waals surface area contributed by atoms with E-state index in [2.05, 4.69) is 28.7 Å². The van der Waals surface area contributed by atoms with Crippen LogP contribution in [0.15, 0.2) is 55.4 Å². The summed E-state index contributed by atoms with van der Waals surface area (Å²) in [6.45, 7) is 4.90. The number of methoxy groups -OCH3 is 1. The number of fused-ring (bicyclic) bond motifs is 1. The number of carbonyl (C=O) groups is 1. The van der Waals surface area contributed by atoms with E-state index in [1.807, 2.05) is 33.8 Å². The summed E-state index contributed by atoms with van der Waals surface area (Å²) >= 11 is 1.63. The summed E-state index contributed by atoms with van der Waals surface area (Å²) in [6.07, 6.45) is 4.62. The predicted molar refractivity (Wildman–Crippen MR) is 130 cm³/mol. The van der Waals surface area contributed by atoms with Crippen molar-refractivity contribution in [1.82, 2.24) is 24.6 Å². The molecule has 1 aliphatic rings. The molecule has 4 aromatic rings. The van der Waals surface area contributed by atoms with Crippen LogP contribution >= 0.6 is 11.3 Å². The number of amides is 1. The number of nitrogens with zero attached hydrogens (tertiary/aromatic N) is 5. The van der Waals surface area contributed by atoms with Gasteiger partial charge >= 0.3 is 0 Å². The minimum absolute atomic E-state index is 0.00557. The van der Waals surface area contributed by atoms with Gasteiger partial charge in [0.05, 0.1) is 23.4 Å². The quantitative estimate of drug-likeness (QED) is 0.449. The highest BCUT2D eigenvalue weighted by Crippen LogP contribution is 2.40. The molecular formula is C24H24N6O2S. The molecule has 1 amide bonds. The van der Waals surface area contributed by atoms with Gasteiger partial charge in [-0.3, -0.25) is 4.79 Å². The number of benzene rings is 1. The van der Waals surface area contributed by atoms with Gasteiger partial charge in [0.2, 0.25) is 5.91 Å². The van der Waals surface area contributed by atoms with Crippen molar-refractivity contribution >= 4 is 34.1 Å². The van der Waals surface area contributed by atoms with E-state index in [0.29, 0.717) is 18.0 Å². The average Bonchev–Trinajstić information content (AvgIpc) is 3.50. The number of hydrogen-bond donors (Lipinski definition) is 1. The number of ether oxygens (including phenoxy) is 1. The number of rotatable bonds is 5. The summed E-state index contributed by atoms with van der Waals surface area (Å²) in [5.41, 5.74) is 8.82. The standard InChI is InChI=1S/C24H24N6O2S/c1-3-20(31)29-11-5-7-16(13-29)30-24-21(23(25)26-14-27-24)22(28-30)19-10-9-18(33-19)15-6-4-8-17(12-15)32-2/h3-4,6,8-10,12,14,16H,1,5,7,11,13H2,2H3,(H2,25,26,27). The Labute approximate surface area is 195 Å². The first-order valence-electron chi connectivity index (χ1n) is 10.7. The topological polar surface area (TPSA) is 99.2 Å². The zero-order valence-electron chi connectivity index (χ0n) is 18.3. The lowest BCUT2D eigenvalue weighted by Gasteiger charge is -2.32. The molecule has 1 aliphatic heterocycles. The molecule has 33 heavy (non-hydrogen) atoms. The number of aromatic nitrogens is 4. The fraction of sp³-hybridized carbons (Fsp3) is 0.250. The van der Waals surface area contributed by atoms with E-state index in [9.17, 15) is 4.79 Å². The van der Waals surface area contributed by atoms with Gasteiger partial charge in [-0.05, 0) is 48.7 Å². The zero-order valence-corrected chi connectivity index (χ0v) is 19.1. The van der Waals surface area contributed by atoms with Gasteiger partial charge in [-0.25, -0.2) is 14.6 Å². The summed E-state index contributed by atoms with van der Waals surface area (Å²) < 4.78 is 7.28. The number of nitrogens with two attached hydrogens (primary N) is 1. The van der Waals surface area contributed by atoms with Gasteiger partial charge in [0.1, 0.15) is 23.6 Å². The second kappa shape index (κ2) is 8.67. The van der Waals surface area contributed by atoms with E-state index in [4.69, 9.17) is 15.6 Å². The van der Waals surface area contributed by atoms with E-state index < -0.39 is 0 Å². The lowest BCUT2D eigenvalue weighted by molar-refractivity contribution is -0.127. The van der Waals surface area contributed by atoms with Crippen molar-refractivity contribution in [2.75, 3.05) is 25.9 Å². The van der Waals surface area contributed by atoms with Gasteiger partial charge in [-0.1, -0.05) is 18.7 Å². The first kappa shape index (κ1) is 21.1. The van der Waals surface area contributed by atoms with Gasteiger partial charge in [-0.15, -0.1) is 11.3 Å². The van der Waals surface area contributed by atoms with Crippen LogP contribution in [-0.4, -0.2) is 50.8 Å². The van der Waals surface area contributed by atoms with Gasteiger partial charge in [0, 0.05) is 18.0 Å². The first-order chi connectivity index (χ1) is 16.1. The average molecular weight is 461 g/mol. The van der Waals surface area contributed by atoms with Crippen molar-refractivity contribution in [3.63, 3.8) is 0 Å². The number of nitrogen functional groups attached to an aromatic ring is 1. The molecule has 2 N–H and O–H groups in total. The maximum atomic E-state index is 12.2. The molecule has 1 unspecified atom stereocenters. The van der Waals surface area contributed by atoms with E-state index in [1.54, 1.807) is 18.4 Å². The number of carbonyl (C=O) groups excluding carboxylic acids is 1. The first-order valence-corrected chi connectivity index (χ1v) is 11.6. The predicted octanol–water partition coefficient (Wildman–Crippen LogP) is 4.16. The number of hydrogen-bond acceptors (Lipinski definition) is 7. The van der Waals surface area contributed by atoms with E-state index >= 15 is 0 Å². The van der Waals surface area contributed by atoms with Crippen LogP contribution in [0.5, 0.6) is 5.75 Å². The van der Waals surface area contributed by atoms with Gasteiger partial charge in [-0.2, -0.15) is 5.10 Å². The normalized spacial score (nSPS) is 16.2. The third-order valence-corrected chi connectivity index (χ3v) is 7.08. The molecule has 0 radical (unpaired) electrons. The molecule has 1 saturated heterocycles. The highest BCUT2D eigenvalue weighted by molar-refractivity contribution is 7.18. The Balaban J connectivity index is 1.57. The second-order valence-corrected chi connectivity index (χ2v) is 9.01. The molecule has 0 aliphatic carbocycles. The fourth-order valence-electron chi connectivity index (χ4n) is 4.30. The van der Waals surface area contributed by atoms with Crippen LogP contribution in [0.25, 0.3) is 32.0 Å².